The molecule has 4 rings (SSSR count). The maximum atomic E-state index is 12.5. The third kappa shape index (κ3) is 1.50. The van der Waals surface area contributed by atoms with E-state index >= 15 is 0 Å². The highest BCUT2D eigenvalue weighted by atomic mass is 16.7. The predicted molar refractivity (Wildman–Crippen MR) is 72.3 cm³/mol. The van der Waals surface area contributed by atoms with Crippen molar-refractivity contribution in [3.05, 3.63) is 53.7 Å². The molecule has 0 aliphatic carbocycles. The standard InChI is InChI=1S/C15H10N2O3/c18-17-14(10-5-2-1-3-6-10)16-11-7-4-8-12-13(11)15(17)20-9-19-12/h1-8H,9H2. The van der Waals surface area contributed by atoms with E-state index in [9.17, 15) is 5.21 Å². The van der Waals surface area contributed by atoms with Crippen molar-refractivity contribution in [1.82, 2.24) is 4.98 Å². The quantitative estimate of drug-likeness (QED) is 0.501. The van der Waals surface area contributed by atoms with Gasteiger partial charge in [-0.3, -0.25) is 0 Å². The summed E-state index contributed by atoms with van der Waals surface area (Å²) in [5.74, 6) is 1.20. The van der Waals surface area contributed by atoms with Gasteiger partial charge in [0.1, 0.15) is 5.75 Å². The van der Waals surface area contributed by atoms with E-state index in [1.807, 2.05) is 42.5 Å². The summed E-state index contributed by atoms with van der Waals surface area (Å²) in [6, 6.07) is 14.8. The van der Waals surface area contributed by atoms with Crippen LogP contribution in [0, 0.1) is 5.21 Å². The summed E-state index contributed by atoms with van der Waals surface area (Å²) in [5, 5.41) is 13.1. The van der Waals surface area contributed by atoms with E-state index in [2.05, 4.69) is 4.98 Å². The van der Waals surface area contributed by atoms with Crippen molar-refractivity contribution in [2.45, 2.75) is 0 Å². The first kappa shape index (κ1) is 11.0. The van der Waals surface area contributed by atoms with E-state index < -0.39 is 0 Å². The van der Waals surface area contributed by atoms with Crippen LogP contribution in [0.25, 0.3) is 22.3 Å². The zero-order valence-corrected chi connectivity index (χ0v) is 10.4. The molecule has 0 N–H and O–H groups in total. The summed E-state index contributed by atoms with van der Waals surface area (Å²) in [5.41, 5.74) is 1.43. The van der Waals surface area contributed by atoms with Gasteiger partial charge >= 0.3 is 11.7 Å². The van der Waals surface area contributed by atoms with Crippen molar-refractivity contribution >= 4 is 10.9 Å². The number of hydrogen-bond donors (Lipinski definition) is 0. The zero-order chi connectivity index (χ0) is 13.5. The minimum atomic E-state index is 0.0343. The first-order valence-corrected chi connectivity index (χ1v) is 6.22. The maximum absolute atomic E-state index is 12.5. The van der Waals surface area contributed by atoms with Crippen LogP contribution in [0.3, 0.4) is 0 Å². The van der Waals surface area contributed by atoms with E-state index in [1.54, 1.807) is 6.07 Å². The molecule has 1 aliphatic heterocycles. The summed E-state index contributed by atoms with van der Waals surface area (Å²) in [4.78, 5) is 4.44. The van der Waals surface area contributed by atoms with Gasteiger partial charge in [-0.15, -0.1) is 0 Å². The molecular formula is C15H10N2O3. The molecular weight excluding hydrogens is 256 g/mol. The Kier molecular flexibility index (Phi) is 2.26. The van der Waals surface area contributed by atoms with Crippen molar-refractivity contribution in [3.63, 3.8) is 0 Å². The Morgan fingerprint density at radius 2 is 1.85 bits per heavy atom. The molecule has 0 fully saturated rings. The van der Waals surface area contributed by atoms with Crippen LogP contribution in [0.5, 0.6) is 11.6 Å². The lowest BCUT2D eigenvalue weighted by Crippen LogP contribution is -2.35. The Balaban J connectivity index is 2.08. The van der Waals surface area contributed by atoms with Crippen molar-refractivity contribution in [2.24, 2.45) is 0 Å². The molecule has 2 aromatic carbocycles. The monoisotopic (exact) mass is 266 g/mol. The van der Waals surface area contributed by atoms with Crippen LogP contribution in [0.15, 0.2) is 48.5 Å². The number of hydrogen-bond acceptors (Lipinski definition) is 4. The van der Waals surface area contributed by atoms with Gasteiger partial charge in [0.15, 0.2) is 10.9 Å². The molecule has 1 aromatic heterocycles. The molecule has 1 aliphatic rings. The molecule has 0 spiro atoms. The Labute approximate surface area is 114 Å². The number of rotatable bonds is 1. The SMILES string of the molecule is [O-][n+]1c(-c2ccccc2)nc2cccc3c2c1OCO3. The molecule has 0 radical (unpaired) electrons. The van der Waals surface area contributed by atoms with E-state index in [4.69, 9.17) is 9.47 Å². The summed E-state index contributed by atoms with van der Waals surface area (Å²) in [6.45, 7) is 0.0343. The van der Waals surface area contributed by atoms with Crippen molar-refractivity contribution in [2.75, 3.05) is 6.79 Å². The molecule has 3 aromatic rings. The van der Waals surface area contributed by atoms with Crippen LogP contribution in [-0.2, 0) is 0 Å². The highest BCUT2D eigenvalue weighted by molar-refractivity contribution is 5.90. The smallest absolute Gasteiger partial charge is 0.336 e. The van der Waals surface area contributed by atoms with Gasteiger partial charge in [0, 0.05) is 0 Å². The van der Waals surface area contributed by atoms with E-state index in [0.717, 1.165) is 10.3 Å². The average molecular weight is 266 g/mol. The van der Waals surface area contributed by atoms with Gasteiger partial charge in [0.2, 0.25) is 6.79 Å². The fourth-order valence-corrected chi connectivity index (χ4v) is 2.35. The molecule has 0 atom stereocenters. The van der Waals surface area contributed by atoms with E-state index in [-0.39, 0.29) is 12.7 Å². The lowest BCUT2D eigenvalue weighted by atomic mass is 10.1. The molecule has 0 amide bonds. The second kappa shape index (κ2) is 4.09. The number of nitrogens with zero attached hydrogens (tertiary/aromatic N) is 2. The molecule has 2 heterocycles. The van der Waals surface area contributed by atoms with Crippen LogP contribution in [0.4, 0.5) is 0 Å². The van der Waals surface area contributed by atoms with Gasteiger partial charge in [-0.2, -0.15) is 4.73 Å². The minimum absolute atomic E-state index is 0.0343. The number of aromatic nitrogens is 2. The first-order chi connectivity index (χ1) is 9.84. The fraction of sp³-hybridized carbons (Fsp3) is 0.0667. The first-order valence-electron chi connectivity index (χ1n) is 6.22. The normalized spacial score (nSPS) is 12.8. The molecule has 20 heavy (non-hydrogen) atoms. The lowest BCUT2D eigenvalue weighted by Gasteiger charge is -2.20. The van der Waals surface area contributed by atoms with Crippen LogP contribution in [0.2, 0.25) is 0 Å². The Morgan fingerprint density at radius 1 is 1.00 bits per heavy atom. The van der Waals surface area contributed by atoms with Gasteiger partial charge in [0.25, 0.3) is 0 Å². The van der Waals surface area contributed by atoms with Crippen molar-refractivity contribution in [1.29, 1.82) is 0 Å². The Morgan fingerprint density at radius 3 is 2.70 bits per heavy atom. The molecule has 0 saturated heterocycles. The van der Waals surface area contributed by atoms with Gasteiger partial charge in [-0.25, -0.2) is 0 Å². The average Bonchev–Trinajstić information content (AvgIpc) is 2.52. The molecule has 0 unspecified atom stereocenters. The molecule has 5 heteroatoms. The summed E-state index contributed by atoms with van der Waals surface area (Å²) < 4.78 is 11.5. The second-order valence-electron chi connectivity index (χ2n) is 4.46. The number of ether oxygens (including phenoxy) is 2. The second-order valence-corrected chi connectivity index (χ2v) is 4.46. The molecule has 5 nitrogen and oxygen atoms in total. The van der Waals surface area contributed by atoms with Crippen molar-refractivity contribution in [3.8, 4) is 23.0 Å². The predicted octanol–water partition coefficient (Wildman–Crippen LogP) is 2.26. The highest BCUT2D eigenvalue weighted by Gasteiger charge is 2.26. The maximum Gasteiger partial charge on any atom is 0.336 e. The van der Waals surface area contributed by atoms with Gasteiger partial charge in [-0.1, -0.05) is 24.3 Å². The van der Waals surface area contributed by atoms with Crippen LogP contribution < -0.4 is 14.2 Å². The summed E-state index contributed by atoms with van der Waals surface area (Å²) in [6.07, 6.45) is 0. The van der Waals surface area contributed by atoms with E-state index in [1.165, 1.54) is 0 Å². The summed E-state index contributed by atoms with van der Waals surface area (Å²) >= 11 is 0. The fourth-order valence-electron chi connectivity index (χ4n) is 2.35. The molecule has 0 saturated carbocycles. The lowest BCUT2D eigenvalue weighted by molar-refractivity contribution is -0.603. The topological polar surface area (TPSA) is 58.3 Å². The summed E-state index contributed by atoms with van der Waals surface area (Å²) in [7, 11) is 0. The van der Waals surface area contributed by atoms with Gasteiger partial charge < -0.3 is 14.7 Å². The Bertz CT molecular complexity index is 803. The third-order valence-corrected chi connectivity index (χ3v) is 3.26. The molecule has 98 valence electrons. The largest absolute Gasteiger partial charge is 0.708 e. The van der Waals surface area contributed by atoms with Gasteiger partial charge in [-0.05, 0) is 29.2 Å². The highest BCUT2D eigenvalue weighted by Crippen LogP contribution is 2.34. The van der Waals surface area contributed by atoms with Crippen LogP contribution >= 0.6 is 0 Å². The van der Waals surface area contributed by atoms with Crippen LogP contribution in [-0.4, -0.2) is 11.8 Å². The van der Waals surface area contributed by atoms with E-state index in [0.29, 0.717) is 22.5 Å². The molecule has 0 bridgehead atoms. The van der Waals surface area contributed by atoms with Gasteiger partial charge in [0.05, 0.1) is 5.56 Å². The van der Waals surface area contributed by atoms with Crippen LogP contribution in [0.1, 0.15) is 0 Å². The Hall–Kier alpha value is -2.82. The van der Waals surface area contributed by atoms with Crippen molar-refractivity contribution < 1.29 is 14.2 Å². The third-order valence-electron chi connectivity index (χ3n) is 3.26. The minimum Gasteiger partial charge on any atom is -0.708 e. The number of benzene rings is 2. The zero-order valence-electron chi connectivity index (χ0n) is 10.4.